The van der Waals surface area contributed by atoms with E-state index in [0.717, 1.165) is 0 Å². The van der Waals surface area contributed by atoms with E-state index in [1.165, 1.54) is 91.8 Å². The van der Waals surface area contributed by atoms with Gasteiger partial charge < -0.3 is 14.2 Å². The second-order valence-corrected chi connectivity index (χ2v) is 7.67. The molecule has 0 radical (unpaired) electrons. The minimum Gasteiger partial charge on any atom is -0.0623 e. The van der Waals surface area contributed by atoms with Crippen molar-refractivity contribution in [3.63, 3.8) is 0 Å². The number of nitrogens with zero attached hydrogens (tertiary/aromatic N) is 3. The Labute approximate surface area is 287 Å². The van der Waals surface area contributed by atoms with Gasteiger partial charge in [-0.1, -0.05) is 36.4 Å². The minimum absolute atomic E-state index is 0.00867. The second kappa shape index (κ2) is 21.5. The molecule has 2 aromatic carbocycles. The first-order valence-corrected chi connectivity index (χ1v) is 17.9. The Morgan fingerprint density at radius 3 is 0.860 bits per heavy atom. The summed E-state index contributed by atoms with van der Waals surface area (Å²) in [5.41, 5.74) is 0.790. The fraction of sp³-hybridized carbons (Fsp3) is 0. The Kier molecular flexibility index (Phi) is 18.0. The number of hydrogen-bond donors (Lipinski definition) is 0. The van der Waals surface area contributed by atoms with Crippen LogP contribution >= 0.6 is 40.7 Å². The molecule has 0 spiro atoms. The van der Waals surface area contributed by atoms with E-state index in [1.807, 2.05) is 36.4 Å². The summed E-state index contributed by atoms with van der Waals surface area (Å²) in [5.74, 6) is -1.97. The smallest absolute Gasteiger partial charge is 0.0623 e. The zero-order valence-corrected chi connectivity index (χ0v) is 28.0. The van der Waals surface area contributed by atoms with Gasteiger partial charge in [-0.05, 0) is 36.4 Å². The maximum Gasteiger partial charge on any atom is -0.0623 e. The Balaban J connectivity index is 0.000000559. The number of carbonyl (C=O) groups is 3. The molecular weight excluding hydrogens is 879 g/mol. The largest absolute Gasteiger partial charge is 0.0623 e. The van der Waals surface area contributed by atoms with Crippen LogP contribution < -0.4 is 14.2 Å². The first kappa shape index (κ1) is 36.0. The van der Waals surface area contributed by atoms with Gasteiger partial charge in [0.1, 0.15) is 17.2 Å². The van der Waals surface area contributed by atoms with E-state index in [-0.39, 0.29) is 33.9 Å². The molecule has 13 heteroatoms. The maximum atomic E-state index is 12.4. The van der Waals surface area contributed by atoms with Crippen molar-refractivity contribution in [2.75, 3.05) is 0 Å². The summed E-state index contributed by atoms with van der Waals surface area (Å²) in [6.07, 6.45) is 8.70. The molecule has 0 saturated carbocycles. The van der Waals surface area contributed by atoms with Crippen LogP contribution in [-0.4, -0.2) is 32.9 Å². The SMILES string of the molecule is O=C(Oc1cc(OC(=O)c2ccncc2)cc(OC(=O)c2ccncc2)c1)c1ccncc1.[Cu][I].[Cu][I].c1ccccc1. The summed E-state index contributed by atoms with van der Waals surface area (Å²) in [4.78, 5) is 48.9. The number of hydrogen-bond acceptors (Lipinski definition) is 9. The van der Waals surface area contributed by atoms with E-state index in [1.54, 1.807) is 40.7 Å². The first-order chi connectivity index (χ1) is 21.1. The van der Waals surface area contributed by atoms with Crippen LogP contribution in [0.5, 0.6) is 17.2 Å². The van der Waals surface area contributed by atoms with Crippen molar-refractivity contribution >= 4 is 58.6 Å². The number of halogens is 2. The summed E-state index contributed by atoms with van der Waals surface area (Å²) in [5, 5.41) is 0. The van der Waals surface area contributed by atoms with Crippen molar-refractivity contribution in [2.45, 2.75) is 0 Å². The van der Waals surface area contributed by atoms with E-state index in [2.05, 4.69) is 40.5 Å². The molecule has 0 N–H and O–H groups in total. The van der Waals surface area contributed by atoms with Crippen LogP contribution in [0.3, 0.4) is 0 Å². The number of benzene rings is 2. The van der Waals surface area contributed by atoms with E-state index in [9.17, 15) is 14.4 Å². The Morgan fingerprint density at radius 1 is 0.442 bits per heavy atom. The molecule has 0 atom stereocenters. The third-order valence-electron chi connectivity index (χ3n) is 4.90. The standard InChI is InChI=1S/C24H15N3O6.C6H6.2Cu.2HI/c28-22(16-1-7-25-8-2-16)31-19-13-20(32-23(29)17-3-9-26-10-4-17)15-21(14-19)33-24(30)18-5-11-27-12-6-18;1-2-4-6-5-3-1;;;;/h1-15H;1-6H;;;2*1H/q;;2*+1;;/p-2. The normalized spacial score (nSPS) is 9.26. The molecule has 3 heterocycles. The molecule has 9 nitrogen and oxygen atoms in total. The predicted molar refractivity (Wildman–Crippen MR) is 169 cm³/mol. The predicted octanol–water partition coefficient (Wildman–Crippen LogP) is 6.98. The van der Waals surface area contributed by atoms with Crippen LogP contribution in [-0.2, 0) is 25.5 Å². The summed E-state index contributed by atoms with van der Waals surface area (Å²) < 4.78 is 16.2. The number of pyridine rings is 3. The van der Waals surface area contributed by atoms with E-state index < -0.39 is 17.9 Å². The summed E-state index contributed by atoms with van der Waals surface area (Å²) in [6, 6.07) is 24.9. The average Bonchev–Trinajstić information content (AvgIpc) is 3.08. The molecule has 5 aromatic rings. The van der Waals surface area contributed by atoms with Gasteiger partial charge in [0.05, 0.1) is 16.7 Å². The zero-order valence-electron chi connectivity index (χ0n) is 21.8. The Hall–Kier alpha value is -3.20. The van der Waals surface area contributed by atoms with Crippen LogP contribution in [0.2, 0.25) is 0 Å². The van der Waals surface area contributed by atoms with Gasteiger partial charge in [0.2, 0.25) is 0 Å². The molecule has 43 heavy (non-hydrogen) atoms. The van der Waals surface area contributed by atoms with Crippen LogP contribution in [0.15, 0.2) is 128 Å². The first-order valence-electron chi connectivity index (χ1n) is 11.8. The fourth-order valence-corrected chi connectivity index (χ4v) is 3.07. The van der Waals surface area contributed by atoms with Crippen LogP contribution in [0.1, 0.15) is 31.1 Å². The number of aromatic nitrogens is 3. The quantitative estimate of drug-likeness (QED) is 0.0771. The van der Waals surface area contributed by atoms with Gasteiger partial charge in [-0.3, -0.25) is 15.0 Å². The Bertz CT molecular complexity index is 1340. The number of rotatable bonds is 6. The summed E-state index contributed by atoms with van der Waals surface area (Å²) >= 11 is 11.7. The van der Waals surface area contributed by atoms with Gasteiger partial charge in [0.15, 0.2) is 0 Å². The van der Waals surface area contributed by atoms with Crippen LogP contribution in [0.4, 0.5) is 0 Å². The third kappa shape index (κ3) is 13.3. The Morgan fingerprint density at radius 2 is 0.651 bits per heavy atom. The summed E-state index contributed by atoms with van der Waals surface area (Å²) in [6.45, 7) is 0. The number of ether oxygens (including phenoxy) is 3. The molecule has 0 aliphatic rings. The average molecular weight is 900 g/mol. The number of carbonyl (C=O) groups excluding carboxylic acids is 3. The molecule has 0 amide bonds. The van der Waals surface area contributed by atoms with Crippen molar-refractivity contribution in [3.8, 4) is 17.2 Å². The van der Waals surface area contributed by atoms with Gasteiger partial charge in [0.25, 0.3) is 0 Å². The van der Waals surface area contributed by atoms with Crippen molar-refractivity contribution < 1.29 is 54.1 Å². The van der Waals surface area contributed by atoms with Gasteiger partial charge in [-0.15, -0.1) is 0 Å². The molecule has 0 aliphatic heterocycles. The third-order valence-corrected chi connectivity index (χ3v) is 4.90. The molecule has 0 bridgehead atoms. The van der Waals surface area contributed by atoms with Crippen molar-refractivity contribution in [2.24, 2.45) is 0 Å². The molecule has 5 rings (SSSR count). The van der Waals surface area contributed by atoms with Crippen LogP contribution in [0, 0.1) is 0 Å². The number of esters is 3. The minimum atomic E-state index is -0.665. The topological polar surface area (TPSA) is 118 Å². The molecule has 0 aliphatic carbocycles. The van der Waals surface area contributed by atoms with Gasteiger partial charge in [-0.25, -0.2) is 14.4 Å². The fourth-order valence-electron chi connectivity index (χ4n) is 3.07. The summed E-state index contributed by atoms with van der Waals surface area (Å²) in [7, 11) is 0. The van der Waals surface area contributed by atoms with Crippen LogP contribution in [0.25, 0.3) is 0 Å². The molecule has 0 fully saturated rings. The van der Waals surface area contributed by atoms with Crippen molar-refractivity contribution in [3.05, 3.63) is 145 Å². The molecule has 228 valence electrons. The second-order valence-electron chi connectivity index (χ2n) is 7.67. The monoisotopic (exact) mass is 899 g/mol. The van der Waals surface area contributed by atoms with Crippen molar-refractivity contribution in [1.82, 2.24) is 15.0 Å². The molecule has 0 unspecified atom stereocenters. The van der Waals surface area contributed by atoms with Gasteiger partial charge in [0, 0.05) is 55.4 Å². The molecule has 3 aromatic heterocycles. The van der Waals surface area contributed by atoms with E-state index in [0.29, 0.717) is 0 Å². The maximum absolute atomic E-state index is 12.4. The van der Waals surface area contributed by atoms with Gasteiger partial charge >= 0.3 is 84.1 Å². The zero-order chi connectivity index (χ0) is 31.3. The van der Waals surface area contributed by atoms with Crippen molar-refractivity contribution in [1.29, 1.82) is 0 Å². The van der Waals surface area contributed by atoms with E-state index >= 15 is 0 Å². The molecular formula is C30H21Cu2I2N3O6. The van der Waals surface area contributed by atoms with E-state index in [4.69, 9.17) is 14.2 Å². The van der Waals surface area contributed by atoms with Gasteiger partial charge in [-0.2, -0.15) is 0 Å². The molecule has 0 saturated heterocycles.